The van der Waals surface area contributed by atoms with Gasteiger partial charge in [0.25, 0.3) is 11.6 Å². The molecule has 2 rings (SSSR count). The molecule has 0 aliphatic carbocycles. The molecule has 1 atom stereocenters. The topological polar surface area (TPSA) is 108 Å². The summed E-state index contributed by atoms with van der Waals surface area (Å²) in [6, 6.07) is 4.44. The predicted molar refractivity (Wildman–Crippen MR) is 68.3 cm³/mol. The molecular formula is C12H14N4O3. The second-order valence-electron chi connectivity index (χ2n) is 4.18. The standard InChI is InChI=1S/C12H14N4O3/c1-3-9(13)11-14-12(19-15-11)8-5-4-6-10(7(8)2)16(17)18/h4-6,9H,3,13H2,1-2H3. The molecular weight excluding hydrogens is 248 g/mol. The summed E-state index contributed by atoms with van der Waals surface area (Å²) in [7, 11) is 0. The highest BCUT2D eigenvalue weighted by molar-refractivity contribution is 5.64. The Kier molecular flexibility index (Phi) is 3.57. The fourth-order valence-electron chi connectivity index (χ4n) is 1.73. The molecule has 0 aliphatic heterocycles. The van der Waals surface area contributed by atoms with E-state index in [4.69, 9.17) is 10.3 Å². The Labute approximate surface area is 109 Å². The second kappa shape index (κ2) is 5.15. The first kappa shape index (κ1) is 13.2. The van der Waals surface area contributed by atoms with E-state index in [0.29, 0.717) is 23.4 Å². The number of aromatic nitrogens is 2. The van der Waals surface area contributed by atoms with Gasteiger partial charge in [-0.25, -0.2) is 0 Å². The van der Waals surface area contributed by atoms with Crippen LogP contribution in [-0.2, 0) is 0 Å². The molecule has 0 bridgehead atoms. The lowest BCUT2D eigenvalue weighted by atomic mass is 10.1. The number of nitro benzene ring substituents is 1. The maximum atomic E-state index is 10.9. The monoisotopic (exact) mass is 262 g/mol. The zero-order chi connectivity index (χ0) is 14.0. The Morgan fingerprint density at radius 1 is 1.53 bits per heavy atom. The first-order valence-corrected chi connectivity index (χ1v) is 5.88. The van der Waals surface area contributed by atoms with Crippen molar-refractivity contribution in [3.63, 3.8) is 0 Å². The van der Waals surface area contributed by atoms with Gasteiger partial charge >= 0.3 is 0 Å². The molecule has 2 N–H and O–H groups in total. The SMILES string of the molecule is CCC(N)c1noc(-c2cccc([N+](=O)[O-])c2C)n1. The number of nitro groups is 1. The van der Waals surface area contributed by atoms with Gasteiger partial charge in [-0.15, -0.1) is 0 Å². The Morgan fingerprint density at radius 3 is 2.89 bits per heavy atom. The minimum Gasteiger partial charge on any atom is -0.334 e. The largest absolute Gasteiger partial charge is 0.334 e. The van der Waals surface area contributed by atoms with Gasteiger partial charge in [0.05, 0.1) is 11.0 Å². The minimum atomic E-state index is -0.437. The van der Waals surface area contributed by atoms with Crippen molar-refractivity contribution in [1.29, 1.82) is 0 Å². The van der Waals surface area contributed by atoms with Gasteiger partial charge in [-0.2, -0.15) is 4.98 Å². The summed E-state index contributed by atoms with van der Waals surface area (Å²) in [4.78, 5) is 14.6. The summed E-state index contributed by atoms with van der Waals surface area (Å²) in [6.45, 7) is 3.57. The Hall–Kier alpha value is -2.28. The van der Waals surface area contributed by atoms with Crippen LogP contribution in [0.5, 0.6) is 0 Å². The van der Waals surface area contributed by atoms with Crippen LogP contribution >= 0.6 is 0 Å². The van der Waals surface area contributed by atoms with E-state index >= 15 is 0 Å². The lowest BCUT2D eigenvalue weighted by molar-refractivity contribution is -0.385. The van der Waals surface area contributed by atoms with Crippen molar-refractivity contribution in [3.8, 4) is 11.5 Å². The van der Waals surface area contributed by atoms with Gasteiger partial charge in [-0.3, -0.25) is 10.1 Å². The third-order valence-corrected chi connectivity index (χ3v) is 2.95. The van der Waals surface area contributed by atoms with Crippen molar-refractivity contribution in [1.82, 2.24) is 10.1 Å². The molecule has 0 saturated heterocycles. The number of nitrogens with zero attached hydrogens (tertiary/aromatic N) is 3. The Balaban J connectivity index is 2.45. The fourth-order valence-corrected chi connectivity index (χ4v) is 1.73. The van der Waals surface area contributed by atoms with E-state index in [1.54, 1.807) is 19.1 Å². The molecule has 1 heterocycles. The quantitative estimate of drug-likeness (QED) is 0.669. The summed E-state index contributed by atoms with van der Waals surface area (Å²) < 4.78 is 5.13. The Bertz CT molecular complexity index is 609. The van der Waals surface area contributed by atoms with E-state index in [2.05, 4.69) is 10.1 Å². The normalized spacial score (nSPS) is 12.4. The number of rotatable bonds is 4. The molecule has 0 fully saturated rings. The van der Waals surface area contributed by atoms with Crippen LogP contribution in [0.4, 0.5) is 5.69 Å². The molecule has 0 radical (unpaired) electrons. The van der Waals surface area contributed by atoms with Crippen molar-refractivity contribution < 1.29 is 9.45 Å². The Morgan fingerprint density at radius 2 is 2.26 bits per heavy atom. The zero-order valence-corrected chi connectivity index (χ0v) is 10.7. The second-order valence-corrected chi connectivity index (χ2v) is 4.18. The van der Waals surface area contributed by atoms with Crippen LogP contribution in [0.15, 0.2) is 22.7 Å². The predicted octanol–water partition coefficient (Wildman–Crippen LogP) is 2.36. The molecule has 7 nitrogen and oxygen atoms in total. The van der Waals surface area contributed by atoms with Crippen molar-refractivity contribution in [2.75, 3.05) is 0 Å². The van der Waals surface area contributed by atoms with E-state index in [-0.39, 0.29) is 17.6 Å². The lowest BCUT2D eigenvalue weighted by Gasteiger charge is -2.01. The average molecular weight is 262 g/mol. The van der Waals surface area contributed by atoms with Crippen LogP contribution in [0.2, 0.25) is 0 Å². The van der Waals surface area contributed by atoms with Gasteiger partial charge in [0.2, 0.25) is 0 Å². The lowest BCUT2D eigenvalue weighted by Crippen LogP contribution is -2.10. The first-order chi connectivity index (χ1) is 9.04. The van der Waals surface area contributed by atoms with E-state index < -0.39 is 4.92 Å². The van der Waals surface area contributed by atoms with Crippen LogP contribution in [0.3, 0.4) is 0 Å². The number of nitrogens with two attached hydrogens (primary N) is 1. The zero-order valence-electron chi connectivity index (χ0n) is 10.7. The van der Waals surface area contributed by atoms with Crippen molar-refractivity contribution in [3.05, 3.63) is 39.7 Å². The fraction of sp³-hybridized carbons (Fsp3) is 0.333. The van der Waals surface area contributed by atoms with Crippen LogP contribution in [0, 0.1) is 17.0 Å². The van der Waals surface area contributed by atoms with E-state index in [1.807, 2.05) is 6.92 Å². The summed E-state index contributed by atoms with van der Waals surface area (Å²) in [5.74, 6) is 0.656. The molecule has 19 heavy (non-hydrogen) atoms. The van der Waals surface area contributed by atoms with Gasteiger partial charge in [0.1, 0.15) is 0 Å². The number of hydrogen-bond donors (Lipinski definition) is 1. The van der Waals surface area contributed by atoms with Crippen LogP contribution in [-0.4, -0.2) is 15.1 Å². The smallest absolute Gasteiger partial charge is 0.273 e. The van der Waals surface area contributed by atoms with E-state index in [9.17, 15) is 10.1 Å². The molecule has 0 saturated carbocycles. The van der Waals surface area contributed by atoms with Gasteiger partial charge in [0, 0.05) is 17.2 Å². The van der Waals surface area contributed by atoms with Gasteiger partial charge in [-0.1, -0.05) is 18.1 Å². The number of benzene rings is 1. The third kappa shape index (κ3) is 2.45. The van der Waals surface area contributed by atoms with Crippen molar-refractivity contribution >= 4 is 5.69 Å². The minimum absolute atomic E-state index is 0.0250. The van der Waals surface area contributed by atoms with Crippen LogP contribution < -0.4 is 5.73 Å². The highest BCUT2D eigenvalue weighted by Gasteiger charge is 2.19. The summed E-state index contributed by atoms with van der Waals surface area (Å²) >= 11 is 0. The molecule has 1 aromatic heterocycles. The van der Waals surface area contributed by atoms with Crippen LogP contribution in [0.25, 0.3) is 11.5 Å². The molecule has 0 aliphatic rings. The van der Waals surface area contributed by atoms with Gasteiger partial charge < -0.3 is 10.3 Å². The highest BCUT2D eigenvalue weighted by Crippen LogP contribution is 2.29. The number of hydrogen-bond acceptors (Lipinski definition) is 6. The third-order valence-electron chi connectivity index (χ3n) is 2.95. The highest BCUT2D eigenvalue weighted by atomic mass is 16.6. The molecule has 100 valence electrons. The first-order valence-electron chi connectivity index (χ1n) is 5.88. The molecule has 7 heteroatoms. The van der Waals surface area contributed by atoms with E-state index in [0.717, 1.165) is 0 Å². The maximum absolute atomic E-state index is 10.9. The molecule has 2 aromatic rings. The summed E-state index contributed by atoms with van der Waals surface area (Å²) in [5, 5.41) is 14.7. The van der Waals surface area contributed by atoms with Crippen LogP contribution in [0.1, 0.15) is 30.8 Å². The van der Waals surface area contributed by atoms with E-state index in [1.165, 1.54) is 6.07 Å². The molecule has 0 amide bonds. The maximum Gasteiger partial charge on any atom is 0.273 e. The van der Waals surface area contributed by atoms with Gasteiger partial charge in [0.15, 0.2) is 5.82 Å². The van der Waals surface area contributed by atoms with Crippen molar-refractivity contribution in [2.24, 2.45) is 5.73 Å². The summed E-state index contributed by atoms with van der Waals surface area (Å²) in [5.41, 5.74) is 6.88. The molecule has 0 spiro atoms. The van der Waals surface area contributed by atoms with Crippen molar-refractivity contribution in [2.45, 2.75) is 26.3 Å². The summed E-state index contributed by atoms with van der Waals surface area (Å²) in [6.07, 6.45) is 0.687. The average Bonchev–Trinajstić information content (AvgIpc) is 2.87. The molecule has 1 unspecified atom stereocenters. The molecule has 1 aromatic carbocycles. The van der Waals surface area contributed by atoms with Gasteiger partial charge in [-0.05, 0) is 19.4 Å².